The first kappa shape index (κ1) is 16.2. The average Bonchev–Trinajstić information content (AvgIpc) is 2.73. The van der Waals surface area contributed by atoms with Gasteiger partial charge < -0.3 is 5.73 Å². The van der Waals surface area contributed by atoms with Crippen molar-refractivity contribution in [1.29, 1.82) is 0 Å². The second-order valence-corrected chi connectivity index (χ2v) is 5.68. The lowest BCUT2D eigenvalue weighted by atomic mass is 10.0. The van der Waals surface area contributed by atoms with Crippen LogP contribution < -0.4 is 5.73 Å². The Morgan fingerprint density at radius 3 is 2.21 bits per heavy atom. The molecular formula is C16H31N3. The Kier molecular flexibility index (Phi) is 7.80. The molecule has 0 amide bonds. The molecule has 1 heterocycles. The van der Waals surface area contributed by atoms with Crippen LogP contribution in [0.2, 0.25) is 0 Å². The predicted molar refractivity (Wildman–Crippen MR) is 82.1 cm³/mol. The summed E-state index contributed by atoms with van der Waals surface area (Å²) in [5.41, 5.74) is 8.65. The van der Waals surface area contributed by atoms with E-state index < -0.39 is 0 Å². The van der Waals surface area contributed by atoms with E-state index in [1.807, 2.05) is 17.9 Å². The highest BCUT2D eigenvalue weighted by Crippen LogP contribution is 2.20. The van der Waals surface area contributed by atoms with Crippen molar-refractivity contribution in [2.24, 2.45) is 12.8 Å². The minimum Gasteiger partial charge on any atom is -0.324 e. The first-order chi connectivity index (χ1) is 9.16. The monoisotopic (exact) mass is 265 g/mol. The van der Waals surface area contributed by atoms with Crippen molar-refractivity contribution < 1.29 is 0 Å². The third-order valence-corrected chi connectivity index (χ3v) is 4.04. The van der Waals surface area contributed by atoms with Crippen LogP contribution in [0.1, 0.15) is 82.0 Å². The van der Waals surface area contributed by atoms with Crippen molar-refractivity contribution in [3.8, 4) is 0 Å². The van der Waals surface area contributed by atoms with Crippen molar-refractivity contribution in [1.82, 2.24) is 9.78 Å². The number of aromatic nitrogens is 2. The molecule has 1 atom stereocenters. The molecule has 110 valence electrons. The van der Waals surface area contributed by atoms with Crippen LogP contribution in [0.3, 0.4) is 0 Å². The fourth-order valence-electron chi connectivity index (χ4n) is 2.53. The zero-order chi connectivity index (χ0) is 14.1. The van der Waals surface area contributed by atoms with Gasteiger partial charge in [0, 0.05) is 24.3 Å². The Hall–Kier alpha value is -0.830. The zero-order valence-electron chi connectivity index (χ0n) is 13.0. The molecule has 0 fully saturated rings. The third-order valence-electron chi connectivity index (χ3n) is 4.04. The molecule has 0 saturated heterocycles. The smallest absolute Gasteiger partial charge is 0.0540 e. The van der Waals surface area contributed by atoms with Crippen LogP contribution in [0.25, 0.3) is 0 Å². The van der Waals surface area contributed by atoms with E-state index in [0.717, 1.165) is 6.42 Å². The molecular weight excluding hydrogens is 234 g/mol. The molecule has 1 aromatic rings. The molecule has 0 aliphatic rings. The molecule has 0 aliphatic carbocycles. The van der Waals surface area contributed by atoms with Gasteiger partial charge in [-0.15, -0.1) is 0 Å². The van der Waals surface area contributed by atoms with E-state index in [9.17, 15) is 0 Å². The minimum absolute atomic E-state index is 0.161. The Labute approximate surface area is 118 Å². The van der Waals surface area contributed by atoms with Crippen molar-refractivity contribution >= 4 is 0 Å². The normalized spacial score (nSPS) is 12.8. The van der Waals surface area contributed by atoms with Crippen molar-refractivity contribution in [2.45, 2.75) is 77.7 Å². The molecule has 0 aromatic carbocycles. The Bertz CT molecular complexity index is 344. The molecule has 1 unspecified atom stereocenters. The SMILES string of the molecule is CCCCCCCCCCC(N)c1cnn(C)c1C. The quantitative estimate of drug-likeness (QED) is 0.642. The Balaban J connectivity index is 2.08. The number of unbranched alkanes of at least 4 members (excludes halogenated alkanes) is 7. The maximum absolute atomic E-state index is 6.24. The fraction of sp³-hybridized carbons (Fsp3) is 0.812. The summed E-state index contributed by atoms with van der Waals surface area (Å²) in [7, 11) is 1.97. The summed E-state index contributed by atoms with van der Waals surface area (Å²) >= 11 is 0. The molecule has 2 N–H and O–H groups in total. The fourth-order valence-corrected chi connectivity index (χ4v) is 2.53. The molecule has 1 rings (SSSR count). The number of hydrogen-bond acceptors (Lipinski definition) is 2. The molecule has 19 heavy (non-hydrogen) atoms. The summed E-state index contributed by atoms with van der Waals surface area (Å²) in [5.74, 6) is 0. The number of nitrogens with zero attached hydrogens (tertiary/aromatic N) is 2. The van der Waals surface area contributed by atoms with Gasteiger partial charge in [-0.3, -0.25) is 4.68 Å². The lowest BCUT2D eigenvalue weighted by Crippen LogP contribution is -2.11. The molecule has 0 bridgehead atoms. The maximum atomic E-state index is 6.24. The highest BCUT2D eigenvalue weighted by molar-refractivity contribution is 5.19. The topological polar surface area (TPSA) is 43.8 Å². The van der Waals surface area contributed by atoms with Crippen LogP contribution >= 0.6 is 0 Å². The van der Waals surface area contributed by atoms with E-state index in [2.05, 4.69) is 18.9 Å². The molecule has 0 aliphatic heterocycles. The lowest BCUT2D eigenvalue weighted by molar-refractivity contribution is 0.535. The number of nitrogens with two attached hydrogens (primary N) is 1. The highest BCUT2D eigenvalue weighted by atomic mass is 15.3. The Morgan fingerprint density at radius 1 is 1.11 bits per heavy atom. The summed E-state index contributed by atoms with van der Waals surface area (Å²) in [6.07, 6.45) is 13.9. The van der Waals surface area contributed by atoms with Gasteiger partial charge >= 0.3 is 0 Å². The van der Waals surface area contributed by atoms with Gasteiger partial charge in [-0.2, -0.15) is 5.10 Å². The van der Waals surface area contributed by atoms with Crippen LogP contribution in [0.4, 0.5) is 0 Å². The zero-order valence-corrected chi connectivity index (χ0v) is 13.0. The summed E-state index contributed by atoms with van der Waals surface area (Å²) in [4.78, 5) is 0. The van der Waals surface area contributed by atoms with Crippen molar-refractivity contribution in [3.05, 3.63) is 17.5 Å². The second kappa shape index (κ2) is 9.13. The summed E-state index contributed by atoms with van der Waals surface area (Å²) in [5, 5.41) is 4.26. The highest BCUT2D eigenvalue weighted by Gasteiger charge is 2.11. The average molecular weight is 265 g/mol. The summed E-state index contributed by atoms with van der Waals surface area (Å²) in [6, 6.07) is 0.161. The number of aryl methyl sites for hydroxylation is 1. The van der Waals surface area contributed by atoms with E-state index in [0.29, 0.717) is 0 Å². The van der Waals surface area contributed by atoms with Gasteiger partial charge in [-0.1, -0.05) is 58.3 Å². The van der Waals surface area contributed by atoms with Gasteiger partial charge in [0.25, 0.3) is 0 Å². The van der Waals surface area contributed by atoms with Gasteiger partial charge in [-0.05, 0) is 13.3 Å². The Morgan fingerprint density at radius 2 is 1.68 bits per heavy atom. The van der Waals surface area contributed by atoms with Gasteiger partial charge in [-0.25, -0.2) is 0 Å². The van der Waals surface area contributed by atoms with E-state index in [4.69, 9.17) is 5.73 Å². The maximum Gasteiger partial charge on any atom is 0.0540 e. The van der Waals surface area contributed by atoms with Gasteiger partial charge in [0.2, 0.25) is 0 Å². The van der Waals surface area contributed by atoms with Crippen LogP contribution in [-0.4, -0.2) is 9.78 Å². The van der Waals surface area contributed by atoms with Crippen LogP contribution in [0, 0.1) is 6.92 Å². The van der Waals surface area contributed by atoms with Crippen LogP contribution in [-0.2, 0) is 7.05 Å². The van der Waals surface area contributed by atoms with E-state index in [1.54, 1.807) is 0 Å². The third kappa shape index (κ3) is 5.77. The number of hydrogen-bond donors (Lipinski definition) is 1. The molecule has 1 aromatic heterocycles. The van der Waals surface area contributed by atoms with E-state index in [1.165, 1.54) is 62.6 Å². The molecule has 3 heteroatoms. The minimum atomic E-state index is 0.161. The lowest BCUT2D eigenvalue weighted by Gasteiger charge is -2.11. The summed E-state index contributed by atoms with van der Waals surface area (Å²) < 4.78 is 1.91. The van der Waals surface area contributed by atoms with E-state index in [-0.39, 0.29) is 6.04 Å². The molecule has 0 saturated carbocycles. The van der Waals surface area contributed by atoms with Gasteiger partial charge in [0.15, 0.2) is 0 Å². The standard InChI is InChI=1S/C16H31N3/c1-4-5-6-7-8-9-10-11-12-16(17)15-13-18-19(3)14(15)2/h13,16H,4-12,17H2,1-3H3. The predicted octanol–water partition coefficient (Wildman–Crippen LogP) is 4.26. The van der Waals surface area contributed by atoms with Crippen molar-refractivity contribution in [3.63, 3.8) is 0 Å². The molecule has 0 radical (unpaired) electrons. The van der Waals surface area contributed by atoms with Crippen LogP contribution in [0.5, 0.6) is 0 Å². The van der Waals surface area contributed by atoms with Gasteiger partial charge in [0.1, 0.15) is 0 Å². The largest absolute Gasteiger partial charge is 0.324 e. The van der Waals surface area contributed by atoms with E-state index >= 15 is 0 Å². The van der Waals surface area contributed by atoms with Gasteiger partial charge in [0.05, 0.1) is 6.20 Å². The van der Waals surface area contributed by atoms with Crippen LogP contribution in [0.15, 0.2) is 6.20 Å². The van der Waals surface area contributed by atoms with Crippen molar-refractivity contribution in [2.75, 3.05) is 0 Å². The summed E-state index contributed by atoms with van der Waals surface area (Å²) in [6.45, 7) is 4.36. The first-order valence-electron chi connectivity index (χ1n) is 7.91. The number of rotatable bonds is 10. The first-order valence-corrected chi connectivity index (χ1v) is 7.91. The molecule has 3 nitrogen and oxygen atoms in total. The molecule has 0 spiro atoms. The second-order valence-electron chi connectivity index (χ2n) is 5.68.